The maximum absolute atomic E-state index is 13.1. The molecule has 28 heavy (non-hydrogen) atoms. The summed E-state index contributed by atoms with van der Waals surface area (Å²) in [5.41, 5.74) is 1.12. The van der Waals surface area contributed by atoms with Crippen LogP contribution in [-0.4, -0.2) is 33.8 Å². The third-order valence-corrected chi connectivity index (χ3v) is 6.81. The lowest BCUT2D eigenvalue weighted by Crippen LogP contribution is -2.40. The number of rotatable bonds is 6. The Morgan fingerprint density at radius 1 is 1.46 bits per heavy atom. The number of aryl methyl sites for hydroxylation is 1. The number of thioether (sulfide) groups is 1. The molecule has 1 aliphatic rings. The number of aromatic nitrogens is 2. The zero-order valence-corrected chi connectivity index (χ0v) is 17.7. The maximum atomic E-state index is 13.1. The zero-order chi connectivity index (χ0) is 20.3. The van der Waals surface area contributed by atoms with Crippen molar-refractivity contribution in [2.45, 2.75) is 44.8 Å². The molecule has 2 aromatic rings. The summed E-state index contributed by atoms with van der Waals surface area (Å²) in [6, 6.07) is -0.568. The average Bonchev–Trinajstić information content (AvgIpc) is 3.02. The van der Waals surface area contributed by atoms with E-state index in [2.05, 4.69) is 29.1 Å². The minimum absolute atomic E-state index is 0.00157. The van der Waals surface area contributed by atoms with Gasteiger partial charge in [-0.25, -0.2) is 9.78 Å². The third-order valence-electron chi connectivity index (χ3n) is 4.69. The summed E-state index contributed by atoms with van der Waals surface area (Å²) in [6.07, 6.45) is 4.53. The summed E-state index contributed by atoms with van der Waals surface area (Å²) in [4.78, 5) is 43.3. The van der Waals surface area contributed by atoms with E-state index in [1.165, 1.54) is 22.7 Å². The van der Waals surface area contributed by atoms with Gasteiger partial charge in [0.1, 0.15) is 4.83 Å². The number of fused-ring (bicyclic) bond motifs is 3. The molecule has 0 spiro atoms. The molecule has 0 saturated carbocycles. The molecule has 0 unspecified atom stereocenters. The molecule has 1 aliphatic carbocycles. The van der Waals surface area contributed by atoms with Crippen LogP contribution in [0.1, 0.15) is 30.7 Å². The molecule has 0 radical (unpaired) electrons. The first-order valence-corrected chi connectivity index (χ1v) is 11.1. The molecule has 1 atom stereocenters. The van der Waals surface area contributed by atoms with Crippen LogP contribution in [0.15, 0.2) is 22.6 Å². The Kier molecular flexibility index (Phi) is 6.56. The van der Waals surface area contributed by atoms with Gasteiger partial charge in [0.2, 0.25) is 5.91 Å². The second-order valence-electron chi connectivity index (χ2n) is 6.81. The van der Waals surface area contributed by atoms with Crippen molar-refractivity contribution in [3.8, 4) is 0 Å². The lowest BCUT2D eigenvalue weighted by Gasteiger charge is -2.17. The third kappa shape index (κ3) is 4.30. The van der Waals surface area contributed by atoms with Crippen molar-refractivity contribution in [3.63, 3.8) is 0 Å². The normalized spacial score (nSPS) is 15.9. The standard InChI is InChI=1S/C19H24N4O3S2/c1-4-8-20-18(26)21-14(24)10-27-19-22-16-15(17(25)23(19)5-2)12-7-6-11(3)9-13(12)28-16/h4,11H,1,5-10H2,2-3H3,(H2,20,21,24,26)/t11-/m1/s1. The number of nitrogens with zero attached hydrogens (tertiary/aromatic N) is 2. The van der Waals surface area contributed by atoms with Crippen LogP contribution in [0.5, 0.6) is 0 Å². The van der Waals surface area contributed by atoms with Crippen LogP contribution in [0, 0.1) is 5.92 Å². The van der Waals surface area contributed by atoms with Gasteiger partial charge in [-0.15, -0.1) is 17.9 Å². The Morgan fingerprint density at radius 2 is 2.25 bits per heavy atom. The Bertz CT molecular complexity index is 980. The lowest BCUT2D eigenvalue weighted by molar-refractivity contribution is -0.117. The van der Waals surface area contributed by atoms with Gasteiger partial charge < -0.3 is 5.32 Å². The molecule has 0 aromatic carbocycles. The molecule has 3 rings (SSSR count). The largest absolute Gasteiger partial charge is 0.334 e. The molecule has 0 bridgehead atoms. The summed E-state index contributed by atoms with van der Waals surface area (Å²) in [5, 5.41) is 5.98. The van der Waals surface area contributed by atoms with E-state index in [-0.39, 0.29) is 17.9 Å². The fourth-order valence-electron chi connectivity index (χ4n) is 3.30. The van der Waals surface area contributed by atoms with Crippen molar-refractivity contribution in [1.82, 2.24) is 20.2 Å². The molecule has 0 fully saturated rings. The summed E-state index contributed by atoms with van der Waals surface area (Å²) >= 11 is 2.76. The summed E-state index contributed by atoms with van der Waals surface area (Å²) < 4.78 is 1.61. The van der Waals surface area contributed by atoms with Gasteiger partial charge in [-0.3, -0.25) is 19.5 Å². The second kappa shape index (κ2) is 8.91. The SMILES string of the molecule is C=CCNC(=O)NC(=O)CSc1nc2sc3c(c2c(=O)n1CC)CC[C@@H](C)C3. The number of hydrogen-bond donors (Lipinski definition) is 2. The molecule has 7 nitrogen and oxygen atoms in total. The van der Waals surface area contributed by atoms with E-state index >= 15 is 0 Å². The van der Waals surface area contributed by atoms with Crippen molar-refractivity contribution >= 4 is 45.3 Å². The first kappa shape index (κ1) is 20.6. The van der Waals surface area contributed by atoms with Gasteiger partial charge in [-0.2, -0.15) is 0 Å². The van der Waals surface area contributed by atoms with E-state index in [4.69, 9.17) is 0 Å². The van der Waals surface area contributed by atoms with Crippen LogP contribution >= 0.6 is 23.1 Å². The average molecular weight is 421 g/mol. The Labute approximate surface area is 171 Å². The first-order valence-electron chi connectivity index (χ1n) is 9.31. The molecule has 2 heterocycles. The minimum Gasteiger partial charge on any atom is -0.334 e. The van der Waals surface area contributed by atoms with E-state index in [9.17, 15) is 14.4 Å². The van der Waals surface area contributed by atoms with Crippen LogP contribution in [0.3, 0.4) is 0 Å². The van der Waals surface area contributed by atoms with Crippen molar-refractivity contribution in [2.24, 2.45) is 5.92 Å². The molecule has 0 saturated heterocycles. The maximum Gasteiger partial charge on any atom is 0.321 e. The van der Waals surface area contributed by atoms with Gasteiger partial charge >= 0.3 is 6.03 Å². The molecule has 150 valence electrons. The number of carbonyl (C=O) groups is 2. The summed E-state index contributed by atoms with van der Waals surface area (Å²) in [5.74, 6) is 0.184. The van der Waals surface area contributed by atoms with Crippen molar-refractivity contribution in [2.75, 3.05) is 12.3 Å². The Hall–Kier alpha value is -2.13. The monoisotopic (exact) mass is 420 g/mol. The highest BCUT2D eigenvalue weighted by Gasteiger charge is 2.24. The van der Waals surface area contributed by atoms with Gasteiger partial charge in [0.25, 0.3) is 5.56 Å². The van der Waals surface area contributed by atoms with Crippen LogP contribution in [0.4, 0.5) is 4.79 Å². The molecule has 9 heteroatoms. The van der Waals surface area contributed by atoms with Gasteiger partial charge in [-0.1, -0.05) is 24.8 Å². The molecular weight excluding hydrogens is 396 g/mol. The van der Waals surface area contributed by atoms with Gasteiger partial charge in [-0.05, 0) is 37.7 Å². The van der Waals surface area contributed by atoms with E-state index in [0.29, 0.717) is 17.6 Å². The number of thiophene rings is 1. The Morgan fingerprint density at radius 3 is 2.96 bits per heavy atom. The molecule has 0 aliphatic heterocycles. The quantitative estimate of drug-likeness (QED) is 0.426. The highest BCUT2D eigenvalue weighted by atomic mass is 32.2. The van der Waals surface area contributed by atoms with Gasteiger partial charge in [0.05, 0.1) is 11.1 Å². The minimum atomic E-state index is -0.568. The highest BCUT2D eigenvalue weighted by molar-refractivity contribution is 7.99. The highest BCUT2D eigenvalue weighted by Crippen LogP contribution is 2.36. The van der Waals surface area contributed by atoms with Crippen molar-refractivity contribution < 1.29 is 9.59 Å². The second-order valence-corrected chi connectivity index (χ2v) is 8.84. The van der Waals surface area contributed by atoms with Crippen LogP contribution in [0.2, 0.25) is 0 Å². The van der Waals surface area contributed by atoms with E-state index < -0.39 is 11.9 Å². The number of urea groups is 1. The summed E-state index contributed by atoms with van der Waals surface area (Å²) in [6.45, 7) is 8.38. The van der Waals surface area contributed by atoms with Gasteiger partial charge in [0, 0.05) is 18.0 Å². The fourth-order valence-corrected chi connectivity index (χ4v) is 5.58. The smallest absolute Gasteiger partial charge is 0.321 e. The van der Waals surface area contributed by atoms with Crippen LogP contribution in [0.25, 0.3) is 10.2 Å². The molecule has 2 N–H and O–H groups in total. The number of amides is 3. The molecular formula is C19H24N4O3S2. The Balaban J connectivity index is 1.81. The fraction of sp³-hybridized carbons (Fsp3) is 0.474. The van der Waals surface area contributed by atoms with E-state index in [1.807, 2.05) is 6.92 Å². The predicted octanol–water partition coefficient (Wildman–Crippen LogP) is 2.71. The van der Waals surface area contributed by atoms with Gasteiger partial charge in [0.15, 0.2) is 5.16 Å². The van der Waals surface area contributed by atoms with Crippen LogP contribution < -0.4 is 16.2 Å². The van der Waals surface area contributed by atoms with E-state index in [0.717, 1.165) is 35.0 Å². The number of nitrogens with one attached hydrogen (secondary N) is 2. The number of carbonyl (C=O) groups excluding carboxylic acids is 2. The lowest BCUT2D eigenvalue weighted by atomic mass is 9.89. The predicted molar refractivity (Wildman–Crippen MR) is 113 cm³/mol. The summed E-state index contributed by atoms with van der Waals surface area (Å²) in [7, 11) is 0. The number of hydrogen-bond acceptors (Lipinski definition) is 6. The van der Waals surface area contributed by atoms with Crippen LogP contribution in [-0.2, 0) is 24.2 Å². The molecule has 2 aromatic heterocycles. The number of imide groups is 1. The van der Waals surface area contributed by atoms with E-state index in [1.54, 1.807) is 15.9 Å². The zero-order valence-electron chi connectivity index (χ0n) is 16.0. The molecule has 3 amide bonds. The first-order chi connectivity index (χ1) is 13.4. The van der Waals surface area contributed by atoms with Crippen molar-refractivity contribution in [3.05, 3.63) is 33.4 Å². The topological polar surface area (TPSA) is 93.1 Å². The van der Waals surface area contributed by atoms with Crippen molar-refractivity contribution in [1.29, 1.82) is 0 Å².